The second-order valence-corrected chi connectivity index (χ2v) is 6.91. The van der Waals surface area contributed by atoms with Crippen molar-refractivity contribution >= 4 is 17.2 Å². The van der Waals surface area contributed by atoms with Gasteiger partial charge in [0.25, 0.3) is 0 Å². The molecule has 124 valence electrons. The molecule has 1 amide bonds. The lowest BCUT2D eigenvalue weighted by Gasteiger charge is -2.23. The third-order valence-corrected chi connectivity index (χ3v) is 5.27. The van der Waals surface area contributed by atoms with Crippen LogP contribution in [0.3, 0.4) is 0 Å². The summed E-state index contributed by atoms with van der Waals surface area (Å²) in [6.07, 6.45) is 1.14. The molecule has 1 heterocycles. The molecule has 0 radical (unpaired) electrons. The topological polar surface area (TPSA) is 41.1 Å². The van der Waals surface area contributed by atoms with Gasteiger partial charge in [-0.1, -0.05) is 44.2 Å². The highest BCUT2D eigenvalue weighted by atomic mass is 32.1. The van der Waals surface area contributed by atoms with Crippen molar-refractivity contribution in [3.63, 3.8) is 0 Å². The van der Waals surface area contributed by atoms with E-state index in [0.717, 1.165) is 6.42 Å². The van der Waals surface area contributed by atoms with Crippen molar-refractivity contribution in [2.45, 2.75) is 45.2 Å². The van der Waals surface area contributed by atoms with Crippen LogP contribution in [0.4, 0.5) is 0 Å². The van der Waals surface area contributed by atoms with Gasteiger partial charge >= 0.3 is 0 Å². The van der Waals surface area contributed by atoms with Crippen LogP contribution in [-0.2, 0) is 4.79 Å². The first-order valence-corrected chi connectivity index (χ1v) is 9.05. The van der Waals surface area contributed by atoms with E-state index in [0.29, 0.717) is 5.92 Å². The van der Waals surface area contributed by atoms with E-state index in [1.165, 1.54) is 16.0 Å². The van der Waals surface area contributed by atoms with E-state index in [1.807, 2.05) is 13.0 Å². The molecule has 0 aliphatic rings. The molecule has 0 saturated carbocycles. The molecule has 2 N–H and O–H groups in total. The molecule has 0 spiro atoms. The second kappa shape index (κ2) is 8.27. The summed E-state index contributed by atoms with van der Waals surface area (Å²) in [5.41, 5.74) is 2.55. The number of hydrogen-bond donors (Lipinski definition) is 2. The van der Waals surface area contributed by atoms with E-state index in [4.69, 9.17) is 0 Å². The fourth-order valence-corrected chi connectivity index (χ4v) is 3.40. The lowest BCUT2D eigenvalue weighted by atomic mass is 9.95. The molecule has 1 aromatic heterocycles. The molecule has 0 bridgehead atoms. The minimum Gasteiger partial charge on any atom is -0.358 e. The van der Waals surface area contributed by atoms with Crippen LogP contribution in [0.2, 0.25) is 0 Å². The van der Waals surface area contributed by atoms with E-state index in [9.17, 15) is 4.79 Å². The van der Waals surface area contributed by atoms with Gasteiger partial charge in [-0.15, -0.1) is 11.3 Å². The summed E-state index contributed by atoms with van der Waals surface area (Å²) in [6.45, 7) is 6.35. The van der Waals surface area contributed by atoms with Gasteiger partial charge in [-0.25, -0.2) is 0 Å². The number of benzene rings is 1. The van der Waals surface area contributed by atoms with E-state index < -0.39 is 0 Å². The van der Waals surface area contributed by atoms with Gasteiger partial charge in [-0.3, -0.25) is 10.1 Å². The van der Waals surface area contributed by atoms with Gasteiger partial charge in [-0.2, -0.15) is 0 Å². The first-order chi connectivity index (χ1) is 11.1. The number of amides is 1. The summed E-state index contributed by atoms with van der Waals surface area (Å²) in [6, 6.07) is 12.7. The molecule has 23 heavy (non-hydrogen) atoms. The zero-order chi connectivity index (χ0) is 16.8. The molecule has 0 aliphatic heterocycles. The van der Waals surface area contributed by atoms with Crippen molar-refractivity contribution in [1.82, 2.24) is 10.6 Å². The second-order valence-electron chi connectivity index (χ2n) is 5.93. The third kappa shape index (κ3) is 4.43. The molecule has 0 fully saturated rings. The van der Waals surface area contributed by atoms with Crippen LogP contribution >= 0.6 is 11.3 Å². The van der Waals surface area contributed by atoms with Crippen LogP contribution in [0.5, 0.6) is 0 Å². The minimum atomic E-state index is -0.249. The van der Waals surface area contributed by atoms with Gasteiger partial charge in [0.2, 0.25) is 5.91 Å². The highest BCUT2D eigenvalue weighted by Gasteiger charge is 2.21. The lowest BCUT2D eigenvalue weighted by molar-refractivity contribution is -0.122. The molecular weight excluding hydrogens is 304 g/mol. The average molecular weight is 330 g/mol. The number of nitrogens with one attached hydrogen (secondary N) is 2. The molecule has 3 atom stereocenters. The number of carbonyl (C=O) groups excluding carboxylic acids is 1. The number of likely N-dealkylation sites (N-methyl/N-ethyl adjacent to an activating group) is 1. The summed E-state index contributed by atoms with van der Waals surface area (Å²) < 4.78 is 0. The van der Waals surface area contributed by atoms with Crippen LogP contribution in [0.15, 0.2) is 41.8 Å². The summed E-state index contributed by atoms with van der Waals surface area (Å²) in [5, 5.41) is 8.22. The first kappa shape index (κ1) is 17.7. The fraction of sp³-hybridized carbons (Fsp3) is 0.421. The fourth-order valence-electron chi connectivity index (χ4n) is 2.59. The number of carbonyl (C=O) groups is 1. The predicted molar refractivity (Wildman–Crippen MR) is 98.0 cm³/mol. The van der Waals surface area contributed by atoms with Crippen molar-refractivity contribution in [1.29, 1.82) is 0 Å². The Morgan fingerprint density at radius 1 is 1.13 bits per heavy atom. The van der Waals surface area contributed by atoms with E-state index in [1.54, 1.807) is 18.4 Å². The Morgan fingerprint density at radius 3 is 2.30 bits per heavy atom. The van der Waals surface area contributed by atoms with Crippen molar-refractivity contribution in [2.24, 2.45) is 0 Å². The smallest absolute Gasteiger partial charge is 0.236 e. The van der Waals surface area contributed by atoms with Crippen LogP contribution in [0.1, 0.15) is 55.2 Å². The summed E-state index contributed by atoms with van der Waals surface area (Å²) in [7, 11) is 1.67. The van der Waals surface area contributed by atoms with Gasteiger partial charge in [0, 0.05) is 11.9 Å². The van der Waals surface area contributed by atoms with Crippen LogP contribution in [-0.4, -0.2) is 19.0 Å². The lowest BCUT2D eigenvalue weighted by Crippen LogP contribution is -2.42. The maximum Gasteiger partial charge on any atom is 0.236 e. The normalized spacial score (nSPS) is 15.0. The third-order valence-electron chi connectivity index (χ3n) is 4.34. The molecule has 2 aromatic rings. The quantitative estimate of drug-likeness (QED) is 0.803. The number of rotatable bonds is 7. The Labute approximate surface area is 143 Å². The van der Waals surface area contributed by atoms with Gasteiger partial charge < -0.3 is 5.32 Å². The van der Waals surface area contributed by atoms with E-state index in [2.05, 4.69) is 60.2 Å². The largest absolute Gasteiger partial charge is 0.358 e. The maximum atomic E-state index is 11.9. The molecule has 2 rings (SSSR count). The Balaban J connectivity index is 2.25. The molecule has 0 unspecified atom stereocenters. The summed E-state index contributed by atoms with van der Waals surface area (Å²) in [4.78, 5) is 13.1. The van der Waals surface area contributed by atoms with Crippen LogP contribution in [0, 0.1) is 0 Å². The van der Waals surface area contributed by atoms with Crippen LogP contribution in [0.25, 0.3) is 0 Å². The Kier molecular flexibility index (Phi) is 6.37. The number of hydrogen-bond acceptors (Lipinski definition) is 3. The Hall–Kier alpha value is -1.65. The van der Waals surface area contributed by atoms with Gasteiger partial charge in [-0.05, 0) is 41.8 Å². The van der Waals surface area contributed by atoms with Crippen molar-refractivity contribution in [3.8, 4) is 0 Å². The zero-order valence-corrected chi connectivity index (χ0v) is 15.1. The van der Waals surface area contributed by atoms with E-state index in [-0.39, 0.29) is 18.0 Å². The van der Waals surface area contributed by atoms with Crippen molar-refractivity contribution < 1.29 is 4.79 Å². The highest BCUT2D eigenvalue weighted by Crippen LogP contribution is 2.28. The van der Waals surface area contributed by atoms with Gasteiger partial charge in [0.05, 0.1) is 12.1 Å². The molecular formula is C19H26N2OS. The predicted octanol–water partition coefficient (Wildman–Crippen LogP) is 4.08. The SMILES string of the molecule is CC[C@@H](C)c1ccc([C@H](N[C@@H](C)C(=O)NC)c2cccs2)cc1. The van der Waals surface area contributed by atoms with Crippen molar-refractivity contribution in [2.75, 3.05) is 7.05 Å². The summed E-state index contributed by atoms with van der Waals surface area (Å²) >= 11 is 1.71. The molecule has 1 aromatic carbocycles. The average Bonchev–Trinajstić information content (AvgIpc) is 3.12. The Bertz CT molecular complexity index is 607. The van der Waals surface area contributed by atoms with E-state index >= 15 is 0 Å². The Morgan fingerprint density at radius 2 is 1.78 bits per heavy atom. The van der Waals surface area contributed by atoms with Gasteiger partial charge in [0.15, 0.2) is 0 Å². The van der Waals surface area contributed by atoms with Gasteiger partial charge in [0.1, 0.15) is 0 Å². The zero-order valence-electron chi connectivity index (χ0n) is 14.3. The maximum absolute atomic E-state index is 11.9. The number of thiophene rings is 1. The molecule has 3 nitrogen and oxygen atoms in total. The molecule has 0 saturated heterocycles. The summed E-state index contributed by atoms with van der Waals surface area (Å²) in [5.74, 6) is 0.574. The van der Waals surface area contributed by atoms with Crippen LogP contribution < -0.4 is 10.6 Å². The highest BCUT2D eigenvalue weighted by molar-refractivity contribution is 7.10. The monoisotopic (exact) mass is 330 g/mol. The van der Waals surface area contributed by atoms with Crippen molar-refractivity contribution in [3.05, 3.63) is 57.8 Å². The first-order valence-electron chi connectivity index (χ1n) is 8.17. The minimum absolute atomic E-state index is 0.00258. The molecule has 0 aliphatic carbocycles. The molecule has 4 heteroatoms. The standard InChI is InChI=1S/C19H26N2OS/c1-5-13(2)15-8-10-16(11-9-15)18(17-7-6-12-23-17)21-14(3)19(22)20-4/h6-14,18,21H,5H2,1-4H3,(H,20,22)/t13-,14+,18+/m1/s1.